The molecule has 0 saturated carbocycles. The zero-order chi connectivity index (χ0) is 26.8. The summed E-state index contributed by atoms with van der Waals surface area (Å²) in [5.41, 5.74) is 1.66. The van der Waals surface area contributed by atoms with Crippen molar-refractivity contribution >= 4 is 23.8 Å². The lowest BCUT2D eigenvalue weighted by Crippen LogP contribution is -2.27. The molecule has 1 aromatic heterocycles. The lowest BCUT2D eigenvalue weighted by Gasteiger charge is -2.11. The molecule has 0 radical (unpaired) electrons. The Labute approximate surface area is 222 Å². The number of nitrogens with zero attached hydrogens (tertiary/aromatic N) is 3. The van der Waals surface area contributed by atoms with Gasteiger partial charge in [-0.2, -0.15) is 15.0 Å². The van der Waals surface area contributed by atoms with Gasteiger partial charge in [0.05, 0.1) is 40.1 Å². The van der Waals surface area contributed by atoms with Crippen LogP contribution in [-0.2, 0) is 16.0 Å². The number of methoxy groups -OCH3 is 1. The number of hydrogen-bond donors (Lipinski definition) is 5. The van der Waals surface area contributed by atoms with E-state index in [4.69, 9.17) is 19.3 Å². The van der Waals surface area contributed by atoms with Crippen molar-refractivity contribution in [3.8, 4) is 5.75 Å². The van der Waals surface area contributed by atoms with Gasteiger partial charge in [0.2, 0.25) is 17.8 Å². The van der Waals surface area contributed by atoms with Gasteiger partial charge in [-0.25, -0.2) is 0 Å². The predicted molar refractivity (Wildman–Crippen MR) is 145 cm³/mol. The van der Waals surface area contributed by atoms with Crippen molar-refractivity contribution in [2.45, 2.75) is 6.54 Å². The Bertz CT molecular complexity index is 1090. The van der Waals surface area contributed by atoms with E-state index >= 15 is 0 Å². The molecule has 3 rings (SSSR count). The lowest BCUT2D eigenvalue weighted by molar-refractivity contribution is 0.0519. The fourth-order valence-corrected chi connectivity index (χ4v) is 3.19. The largest absolute Gasteiger partial charge is 0.497 e. The second-order valence-electron chi connectivity index (χ2n) is 7.93. The SMILES string of the molecule is COc1ccc(CNc2nc(NCCO)nc(NCCOCCOCCNC(=O)c3ccccc3)n2)cc1. The van der Waals surface area contributed by atoms with E-state index in [0.29, 0.717) is 76.0 Å². The van der Waals surface area contributed by atoms with Crippen LogP contribution in [0.3, 0.4) is 0 Å². The molecule has 38 heavy (non-hydrogen) atoms. The molecule has 0 unspecified atom stereocenters. The fourth-order valence-electron chi connectivity index (χ4n) is 3.19. The van der Waals surface area contributed by atoms with E-state index in [1.54, 1.807) is 19.2 Å². The van der Waals surface area contributed by atoms with Gasteiger partial charge >= 0.3 is 0 Å². The molecule has 0 aliphatic heterocycles. The molecule has 0 saturated heterocycles. The number of anilines is 3. The number of carbonyl (C=O) groups excluding carboxylic acids is 1. The number of aliphatic hydroxyl groups is 1. The highest BCUT2D eigenvalue weighted by molar-refractivity contribution is 5.94. The Kier molecular flexibility index (Phi) is 12.5. The summed E-state index contributed by atoms with van der Waals surface area (Å²) in [4.78, 5) is 25.0. The van der Waals surface area contributed by atoms with Crippen LogP contribution < -0.4 is 26.0 Å². The first-order valence-corrected chi connectivity index (χ1v) is 12.4. The molecule has 3 aromatic rings. The minimum atomic E-state index is -0.122. The summed E-state index contributed by atoms with van der Waals surface area (Å²) in [5, 5.41) is 21.2. The second kappa shape index (κ2) is 16.7. The Morgan fingerprint density at radius 3 is 2.00 bits per heavy atom. The second-order valence-corrected chi connectivity index (χ2v) is 7.93. The lowest BCUT2D eigenvalue weighted by atomic mass is 10.2. The third-order valence-corrected chi connectivity index (χ3v) is 5.11. The zero-order valence-corrected chi connectivity index (χ0v) is 21.5. The predicted octanol–water partition coefficient (Wildman–Crippen LogP) is 1.77. The summed E-state index contributed by atoms with van der Waals surface area (Å²) in [5.74, 6) is 1.79. The molecule has 0 aliphatic rings. The molecule has 204 valence electrons. The quantitative estimate of drug-likeness (QED) is 0.155. The van der Waals surface area contributed by atoms with E-state index in [-0.39, 0.29) is 12.5 Å². The maximum Gasteiger partial charge on any atom is 0.251 e. The van der Waals surface area contributed by atoms with Gasteiger partial charge in [-0.15, -0.1) is 0 Å². The molecular weight excluding hydrogens is 490 g/mol. The van der Waals surface area contributed by atoms with Gasteiger partial charge < -0.3 is 40.6 Å². The highest BCUT2D eigenvalue weighted by Crippen LogP contribution is 2.14. The van der Waals surface area contributed by atoms with Gasteiger partial charge in [0.1, 0.15) is 5.75 Å². The molecule has 2 aromatic carbocycles. The van der Waals surface area contributed by atoms with Crippen LogP contribution in [0.15, 0.2) is 54.6 Å². The summed E-state index contributed by atoms with van der Waals surface area (Å²) >= 11 is 0. The van der Waals surface area contributed by atoms with Gasteiger partial charge in [0.15, 0.2) is 0 Å². The molecule has 0 bridgehead atoms. The van der Waals surface area contributed by atoms with Crippen molar-refractivity contribution in [3.63, 3.8) is 0 Å². The molecule has 12 nitrogen and oxygen atoms in total. The van der Waals surface area contributed by atoms with E-state index in [9.17, 15) is 4.79 Å². The van der Waals surface area contributed by atoms with Gasteiger partial charge in [0, 0.05) is 31.7 Å². The Balaban J connectivity index is 1.33. The maximum absolute atomic E-state index is 12.0. The van der Waals surface area contributed by atoms with Gasteiger partial charge in [-0.3, -0.25) is 4.79 Å². The summed E-state index contributed by atoms with van der Waals surface area (Å²) in [6.07, 6.45) is 0. The molecule has 0 spiro atoms. The average Bonchev–Trinajstić information content (AvgIpc) is 2.96. The summed E-state index contributed by atoms with van der Waals surface area (Å²) in [7, 11) is 1.63. The third kappa shape index (κ3) is 10.5. The zero-order valence-electron chi connectivity index (χ0n) is 21.5. The molecular formula is C26H35N7O5. The number of benzene rings is 2. The Morgan fingerprint density at radius 2 is 1.37 bits per heavy atom. The van der Waals surface area contributed by atoms with E-state index in [1.807, 2.05) is 42.5 Å². The molecule has 0 aliphatic carbocycles. The molecule has 5 N–H and O–H groups in total. The van der Waals surface area contributed by atoms with Crippen LogP contribution in [0.2, 0.25) is 0 Å². The van der Waals surface area contributed by atoms with Crippen molar-refractivity contribution < 1.29 is 24.1 Å². The van der Waals surface area contributed by atoms with Crippen molar-refractivity contribution in [2.24, 2.45) is 0 Å². The third-order valence-electron chi connectivity index (χ3n) is 5.11. The van der Waals surface area contributed by atoms with Gasteiger partial charge in [-0.05, 0) is 29.8 Å². The molecule has 12 heteroatoms. The van der Waals surface area contributed by atoms with Crippen LogP contribution in [0.5, 0.6) is 5.75 Å². The standard InChI is InChI=1S/C26H35N7O5/c1-36-22-9-7-20(8-10-22)19-30-26-32-24(28-11-14-34)31-25(33-26)29-13-16-38-18-17-37-15-12-27-23(35)21-5-3-2-4-6-21/h2-10,34H,11-19H2,1H3,(H,27,35)(H3,28,29,30,31,32,33). The Hall–Kier alpha value is -4.00. The number of aromatic nitrogens is 3. The normalized spacial score (nSPS) is 10.6. The summed E-state index contributed by atoms with van der Waals surface area (Å²) in [6.45, 7) is 3.37. The van der Waals surface area contributed by atoms with E-state index in [0.717, 1.165) is 11.3 Å². The van der Waals surface area contributed by atoms with Gasteiger partial charge in [-0.1, -0.05) is 30.3 Å². The number of hydrogen-bond acceptors (Lipinski definition) is 11. The topological polar surface area (TPSA) is 152 Å². The van der Waals surface area contributed by atoms with Crippen molar-refractivity contribution in [2.75, 3.05) is 75.7 Å². The summed E-state index contributed by atoms with van der Waals surface area (Å²) < 4.78 is 16.3. The van der Waals surface area contributed by atoms with Crippen LogP contribution in [0.25, 0.3) is 0 Å². The molecule has 1 amide bonds. The van der Waals surface area contributed by atoms with E-state index < -0.39 is 0 Å². The van der Waals surface area contributed by atoms with Crippen LogP contribution >= 0.6 is 0 Å². The van der Waals surface area contributed by atoms with Crippen LogP contribution in [-0.4, -0.2) is 85.7 Å². The first-order valence-electron chi connectivity index (χ1n) is 12.4. The van der Waals surface area contributed by atoms with Crippen LogP contribution in [0.4, 0.5) is 17.8 Å². The fraction of sp³-hybridized carbons (Fsp3) is 0.385. The summed E-state index contributed by atoms with van der Waals surface area (Å²) in [6, 6.07) is 16.7. The van der Waals surface area contributed by atoms with Crippen molar-refractivity contribution in [1.82, 2.24) is 20.3 Å². The number of rotatable bonds is 18. The minimum absolute atomic E-state index is 0.0433. The monoisotopic (exact) mass is 525 g/mol. The van der Waals surface area contributed by atoms with Gasteiger partial charge in [0.25, 0.3) is 5.91 Å². The Morgan fingerprint density at radius 1 is 0.763 bits per heavy atom. The first-order chi connectivity index (χ1) is 18.7. The minimum Gasteiger partial charge on any atom is -0.497 e. The highest BCUT2D eigenvalue weighted by atomic mass is 16.5. The van der Waals surface area contributed by atoms with E-state index in [1.165, 1.54) is 0 Å². The van der Waals surface area contributed by atoms with Crippen LogP contribution in [0, 0.1) is 0 Å². The number of amides is 1. The van der Waals surface area contributed by atoms with Crippen molar-refractivity contribution in [1.29, 1.82) is 0 Å². The first kappa shape index (κ1) is 28.6. The molecule has 0 fully saturated rings. The number of carbonyl (C=O) groups is 1. The smallest absolute Gasteiger partial charge is 0.251 e. The van der Waals surface area contributed by atoms with E-state index in [2.05, 4.69) is 36.2 Å². The van der Waals surface area contributed by atoms with Crippen molar-refractivity contribution in [3.05, 3.63) is 65.7 Å². The highest BCUT2D eigenvalue weighted by Gasteiger charge is 2.07. The number of nitrogens with one attached hydrogen (secondary N) is 4. The van der Waals surface area contributed by atoms with Crippen LogP contribution in [0.1, 0.15) is 15.9 Å². The maximum atomic E-state index is 12.0. The molecule has 1 heterocycles. The molecule has 0 atom stereocenters. The average molecular weight is 526 g/mol. The number of ether oxygens (including phenoxy) is 3. The number of aliphatic hydroxyl groups excluding tert-OH is 1.